The van der Waals surface area contributed by atoms with Crippen LogP contribution in [-0.2, 0) is 0 Å². The minimum Gasteiger partial charge on any atom is -0.398 e. The first kappa shape index (κ1) is 7.66. The standard InChI is InChI=1S/C9H12N2/c1-11-7-6-8-4-2-3-5-9(8)10/h2-7,11H,10H2,1H3/b7-6-. The van der Waals surface area contributed by atoms with Crippen molar-refractivity contribution < 1.29 is 0 Å². The van der Waals surface area contributed by atoms with Gasteiger partial charge >= 0.3 is 0 Å². The number of hydrogen-bond acceptors (Lipinski definition) is 2. The molecule has 1 aromatic carbocycles. The van der Waals surface area contributed by atoms with Crippen LogP contribution in [-0.4, -0.2) is 7.05 Å². The monoisotopic (exact) mass is 148 g/mol. The van der Waals surface area contributed by atoms with E-state index in [9.17, 15) is 0 Å². The van der Waals surface area contributed by atoms with Crippen LogP contribution in [0.15, 0.2) is 30.5 Å². The van der Waals surface area contributed by atoms with Gasteiger partial charge < -0.3 is 11.1 Å². The van der Waals surface area contributed by atoms with Crippen LogP contribution in [0.4, 0.5) is 5.69 Å². The van der Waals surface area contributed by atoms with Crippen LogP contribution in [0.5, 0.6) is 0 Å². The van der Waals surface area contributed by atoms with Gasteiger partial charge in [-0.2, -0.15) is 0 Å². The molecule has 0 unspecified atom stereocenters. The van der Waals surface area contributed by atoms with Crippen molar-refractivity contribution in [2.75, 3.05) is 12.8 Å². The Hall–Kier alpha value is -1.44. The third-order valence-corrected chi connectivity index (χ3v) is 1.43. The first-order valence-corrected chi connectivity index (χ1v) is 3.53. The summed E-state index contributed by atoms with van der Waals surface area (Å²) in [5, 5.41) is 2.91. The van der Waals surface area contributed by atoms with E-state index < -0.39 is 0 Å². The molecule has 1 rings (SSSR count). The van der Waals surface area contributed by atoms with E-state index in [1.54, 1.807) is 0 Å². The highest BCUT2D eigenvalue weighted by Crippen LogP contribution is 2.11. The first-order valence-electron chi connectivity index (χ1n) is 3.53. The van der Waals surface area contributed by atoms with Gasteiger partial charge in [-0.3, -0.25) is 0 Å². The Bertz CT molecular complexity index is 253. The second-order valence-electron chi connectivity index (χ2n) is 2.25. The molecule has 58 valence electrons. The highest BCUT2D eigenvalue weighted by Gasteiger charge is 1.89. The maximum atomic E-state index is 5.68. The summed E-state index contributed by atoms with van der Waals surface area (Å²) in [5.74, 6) is 0. The van der Waals surface area contributed by atoms with Crippen molar-refractivity contribution in [3.05, 3.63) is 36.0 Å². The average Bonchev–Trinajstić information content (AvgIpc) is 2.03. The Morgan fingerprint density at radius 1 is 1.36 bits per heavy atom. The fraction of sp³-hybridized carbons (Fsp3) is 0.111. The predicted molar refractivity (Wildman–Crippen MR) is 48.9 cm³/mol. The van der Waals surface area contributed by atoms with Crippen LogP contribution in [0.25, 0.3) is 6.08 Å². The van der Waals surface area contributed by atoms with Crippen LogP contribution < -0.4 is 11.1 Å². The molecule has 0 fully saturated rings. The number of anilines is 1. The zero-order valence-corrected chi connectivity index (χ0v) is 6.54. The molecule has 0 aliphatic rings. The molecule has 0 saturated carbocycles. The number of nitrogens with two attached hydrogens (primary N) is 1. The maximum absolute atomic E-state index is 5.68. The molecule has 0 saturated heterocycles. The molecule has 0 aromatic heterocycles. The fourth-order valence-electron chi connectivity index (χ4n) is 0.836. The SMILES string of the molecule is CN/C=C\c1ccccc1N. The van der Waals surface area contributed by atoms with Crippen LogP contribution in [0.1, 0.15) is 5.56 Å². The van der Waals surface area contributed by atoms with E-state index in [2.05, 4.69) is 5.32 Å². The average molecular weight is 148 g/mol. The number of nitrogen functional groups attached to an aromatic ring is 1. The molecule has 0 aliphatic carbocycles. The van der Waals surface area contributed by atoms with Crippen LogP contribution >= 0.6 is 0 Å². The zero-order valence-electron chi connectivity index (χ0n) is 6.54. The van der Waals surface area contributed by atoms with Crippen molar-refractivity contribution in [1.29, 1.82) is 0 Å². The Balaban J connectivity index is 2.86. The molecule has 2 heteroatoms. The second-order valence-corrected chi connectivity index (χ2v) is 2.25. The van der Waals surface area contributed by atoms with Gasteiger partial charge in [-0.1, -0.05) is 18.2 Å². The molecular formula is C9H12N2. The lowest BCUT2D eigenvalue weighted by atomic mass is 10.2. The molecule has 0 amide bonds. The Morgan fingerprint density at radius 2 is 2.09 bits per heavy atom. The summed E-state index contributed by atoms with van der Waals surface area (Å²) in [6.07, 6.45) is 3.79. The molecule has 0 bridgehead atoms. The molecule has 0 spiro atoms. The molecule has 0 radical (unpaired) electrons. The van der Waals surface area contributed by atoms with Crippen LogP contribution in [0, 0.1) is 0 Å². The molecule has 0 heterocycles. The smallest absolute Gasteiger partial charge is 0.0388 e. The van der Waals surface area contributed by atoms with Crippen molar-refractivity contribution >= 4 is 11.8 Å². The van der Waals surface area contributed by atoms with E-state index in [0.717, 1.165) is 11.3 Å². The highest BCUT2D eigenvalue weighted by molar-refractivity contribution is 5.63. The lowest BCUT2D eigenvalue weighted by molar-refractivity contribution is 1.11. The minimum atomic E-state index is 0.805. The predicted octanol–water partition coefficient (Wildman–Crippen LogP) is 1.46. The summed E-state index contributed by atoms with van der Waals surface area (Å²) in [4.78, 5) is 0. The van der Waals surface area contributed by atoms with Crippen molar-refractivity contribution in [2.45, 2.75) is 0 Å². The fourth-order valence-corrected chi connectivity index (χ4v) is 0.836. The van der Waals surface area contributed by atoms with E-state index >= 15 is 0 Å². The van der Waals surface area contributed by atoms with Crippen molar-refractivity contribution in [3.63, 3.8) is 0 Å². The van der Waals surface area contributed by atoms with E-state index in [4.69, 9.17) is 5.73 Å². The van der Waals surface area contributed by atoms with Gasteiger partial charge in [-0.05, 0) is 23.9 Å². The van der Waals surface area contributed by atoms with Gasteiger partial charge in [0.15, 0.2) is 0 Å². The summed E-state index contributed by atoms with van der Waals surface area (Å²) in [5.41, 5.74) is 7.53. The topological polar surface area (TPSA) is 38.0 Å². The Kier molecular flexibility index (Phi) is 2.55. The van der Waals surface area contributed by atoms with Gasteiger partial charge in [0.05, 0.1) is 0 Å². The zero-order chi connectivity index (χ0) is 8.10. The van der Waals surface area contributed by atoms with Crippen LogP contribution in [0.2, 0.25) is 0 Å². The lowest BCUT2D eigenvalue weighted by Gasteiger charge is -1.97. The van der Waals surface area contributed by atoms with Gasteiger partial charge in [0.1, 0.15) is 0 Å². The number of para-hydroxylation sites is 1. The van der Waals surface area contributed by atoms with Crippen LogP contribution in [0.3, 0.4) is 0 Å². The van der Waals surface area contributed by atoms with E-state index in [0.29, 0.717) is 0 Å². The van der Waals surface area contributed by atoms with Gasteiger partial charge in [-0.25, -0.2) is 0 Å². The molecular weight excluding hydrogens is 136 g/mol. The Labute approximate surface area is 66.7 Å². The largest absolute Gasteiger partial charge is 0.398 e. The third kappa shape index (κ3) is 2.00. The van der Waals surface area contributed by atoms with Crippen molar-refractivity contribution in [2.24, 2.45) is 0 Å². The van der Waals surface area contributed by atoms with Gasteiger partial charge in [0.25, 0.3) is 0 Å². The molecule has 3 N–H and O–H groups in total. The molecule has 0 aliphatic heterocycles. The van der Waals surface area contributed by atoms with Gasteiger partial charge in [-0.15, -0.1) is 0 Å². The van der Waals surface area contributed by atoms with E-state index in [1.165, 1.54) is 0 Å². The van der Waals surface area contributed by atoms with Gasteiger partial charge in [0, 0.05) is 12.7 Å². The normalized spacial score (nSPS) is 10.3. The first-order chi connectivity index (χ1) is 5.34. The van der Waals surface area contributed by atoms with E-state index in [1.807, 2.05) is 43.6 Å². The summed E-state index contributed by atoms with van der Waals surface area (Å²) in [6, 6.07) is 7.75. The Morgan fingerprint density at radius 3 is 2.73 bits per heavy atom. The highest BCUT2D eigenvalue weighted by atomic mass is 14.8. The number of nitrogens with one attached hydrogen (secondary N) is 1. The third-order valence-electron chi connectivity index (χ3n) is 1.43. The van der Waals surface area contributed by atoms with E-state index in [-0.39, 0.29) is 0 Å². The minimum absolute atomic E-state index is 0.805. The number of benzene rings is 1. The summed E-state index contributed by atoms with van der Waals surface area (Å²) < 4.78 is 0. The summed E-state index contributed by atoms with van der Waals surface area (Å²) in [7, 11) is 1.86. The number of rotatable bonds is 2. The molecule has 11 heavy (non-hydrogen) atoms. The summed E-state index contributed by atoms with van der Waals surface area (Å²) in [6.45, 7) is 0. The van der Waals surface area contributed by atoms with Crippen molar-refractivity contribution in [1.82, 2.24) is 5.32 Å². The quantitative estimate of drug-likeness (QED) is 0.623. The molecule has 2 nitrogen and oxygen atoms in total. The van der Waals surface area contributed by atoms with Gasteiger partial charge in [0.2, 0.25) is 0 Å². The van der Waals surface area contributed by atoms with Crippen molar-refractivity contribution in [3.8, 4) is 0 Å². The maximum Gasteiger partial charge on any atom is 0.0388 e. The molecule has 0 atom stereocenters. The lowest BCUT2D eigenvalue weighted by Crippen LogP contribution is -1.92. The number of hydrogen-bond donors (Lipinski definition) is 2. The summed E-state index contributed by atoms with van der Waals surface area (Å²) >= 11 is 0. The second kappa shape index (κ2) is 3.66. The molecule has 1 aromatic rings.